The van der Waals surface area contributed by atoms with Crippen molar-refractivity contribution in [2.45, 2.75) is 13.0 Å². The van der Waals surface area contributed by atoms with Crippen molar-refractivity contribution in [3.63, 3.8) is 0 Å². The molecule has 0 unspecified atom stereocenters. The Morgan fingerprint density at radius 1 is 1.13 bits per heavy atom. The van der Waals surface area contributed by atoms with Crippen molar-refractivity contribution in [2.75, 3.05) is 13.7 Å². The highest BCUT2D eigenvalue weighted by Gasteiger charge is 2.15. The summed E-state index contributed by atoms with van der Waals surface area (Å²) in [4.78, 5) is 17.1. The summed E-state index contributed by atoms with van der Waals surface area (Å²) in [6.45, 7) is 1.24. The van der Waals surface area contributed by atoms with E-state index in [9.17, 15) is 4.79 Å². The number of amides is 1. The minimum Gasteiger partial charge on any atom is -0.497 e. The molecule has 2 N–H and O–H groups in total. The summed E-state index contributed by atoms with van der Waals surface area (Å²) in [5.41, 5.74) is 3.27. The van der Waals surface area contributed by atoms with Gasteiger partial charge in [0.25, 0.3) is 5.91 Å². The van der Waals surface area contributed by atoms with Crippen molar-refractivity contribution in [1.82, 2.24) is 25.1 Å². The number of H-pyrrole nitrogens is 1. The lowest BCUT2D eigenvalue weighted by Crippen LogP contribution is -2.26. The second kappa shape index (κ2) is 9.09. The average Bonchev–Trinajstić information content (AvgIpc) is 3.44. The van der Waals surface area contributed by atoms with Gasteiger partial charge in [-0.15, -0.1) is 0 Å². The number of hydrogen-bond acceptors (Lipinski definition) is 4. The van der Waals surface area contributed by atoms with Gasteiger partial charge in [-0.1, -0.05) is 30.3 Å². The van der Waals surface area contributed by atoms with E-state index >= 15 is 0 Å². The molecule has 0 saturated carbocycles. The van der Waals surface area contributed by atoms with E-state index in [0.29, 0.717) is 24.2 Å². The summed E-state index contributed by atoms with van der Waals surface area (Å²) in [6.07, 6.45) is 5.94. The molecule has 4 rings (SSSR count). The molecule has 0 atom stereocenters. The van der Waals surface area contributed by atoms with Crippen molar-refractivity contribution in [3.05, 3.63) is 90.1 Å². The summed E-state index contributed by atoms with van der Waals surface area (Å²) in [5, 5.41) is 9.93. The monoisotopic (exact) mass is 401 g/mol. The maximum Gasteiger partial charge on any atom is 0.255 e. The maximum absolute atomic E-state index is 12.7. The number of rotatable bonds is 8. The molecule has 0 aliphatic heterocycles. The first-order valence-electron chi connectivity index (χ1n) is 9.74. The molecule has 1 amide bonds. The number of ether oxygens (including phenoxy) is 1. The average molecular weight is 401 g/mol. The standard InChI is InChI=1S/C23H23N5O2/c1-30-19-9-7-18(8-10-19)22-20(15-26-27-22)23(29)25-12-11-21-24-13-14-28(21)16-17-5-3-2-4-6-17/h2-10,13-15H,11-12,16H2,1H3,(H,25,29)(H,26,27). The van der Waals surface area contributed by atoms with Gasteiger partial charge in [0.15, 0.2) is 0 Å². The van der Waals surface area contributed by atoms with E-state index in [2.05, 4.69) is 37.2 Å². The maximum atomic E-state index is 12.7. The number of methoxy groups -OCH3 is 1. The van der Waals surface area contributed by atoms with Crippen LogP contribution in [0.25, 0.3) is 11.3 Å². The minimum absolute atomic E-state index is 0.171. The number of imidazole rings is 1. The van der Waals surface area contributed by atoms with Gasteiger partial charge < -0.3 is 14.6 Å². The number of aromatic amines is 1. The van der Waals surface area contributed by atoms with Crippen LogP contribution in [0.1, 0.15) is 21.7 Å². The zero-order chi connectivity index (χ0) is 20.8. The van der Waals surface area contributed by atoms with Crippen LogP contribution in [0.3, 0.4) is 0 Å². The van der Waals surface area contributed by atoms with Crippen molar-refractivity contribution in [3.8, 4) is 17.0 Å². The predicted octanol–water partition coefficient (Wildman–Crippen LogP) is 3.30. The normalized spacial score (nSPS) is 10.7. The predicted molar refractivity (Wildman–Crippen MR) is 114 cm³/mol. The Morgan fingerprint density at radius 2 is 1.93 bits per heavy atom. The fourth-order valence-electron chi connectivity index (χ4n) is 3.31. The molecule has 2 aromatic heterocycles. The molecule has 7 heteroatoms. The van der Waals surface area contributed by atoms with Crippen molar-refractivity contribution >= 4 is 5.91 Å². The van der Waals surface area contributed by atoms with E-state index in [1.54, 1.807) is 19.5 Å². The van der Waals surface area contributed by atoms with Crippen molar-refractivity contribution in [1.29, 1.82) is 0 Å². The Balaban J connectivity index is 1.37. The number of nitrogens with zero attached hydrogens (tertiary/aromatic N) is 3. The van der Waals surface area contributed by atoms with Gasteiger partial charge in [-0.2, -0.15) is 5.10 Å². The Morgan fingerprint density at radius 3 is 2.70 bits per heavy atom. The largest absolute Gasteiger partial charge is 0.497 e. The molecule has 0 fully saturated rings. The summed E-state index contributed by atoms with van der Waals surface area (Å²) in [7, 11) is 1.62. The van der Waals surface area contributed by atoms with E-state index in [1.807, 2.05) is 48.7 Å². The third-order valence-electron chi connectivity index (χ3n) is 4.89. The summed E-state index contributed by atoms with van der Waals surface area (Å²) in [6, 6.07) is 17.7. The Bertz CT molecular complexity index is 1100. The fourth-order valence-corrected chi connectivity index (χ4v) is 3.31. The zero-order valence-corrected chi connectivity index (χ0v) is 16.7. The molecular formula is C23H23N5O2. The topological polar surface area (TPSA) is 84.8 Å². The molecule has 30 heavy (non-hydrogen) atoms. The fraction of sp³-hybridized carbons (Fsp3) is 0.174. The zero-order valence-electron chi connectivity index (χ0n) is 16.7. The van der Waals surface area contributed by atoms with E-state index < -0.39 is 0 Å². The van der Waals surface area contributed by atoms with E-state index in [4.69, 9.17) is 4.74 Å². The van der Waals surface area contributed by atoms with Gasteiger partial charge in [-0.25, -0.2) is 4.98 Å². The summed E-state index contributed by atoms with van der Waals surface area (Å²) >= 11 is 0. The highest BCUT2D eigenvalue weighted by molar-refractivity contribution is 5.99. The van der Waals surface area contributed by atoms with Crippen LogP contribution in [0.4, 0.5) is 0 Å². The molecule has 7 nitrogen and oxygen atoms in total. The summed E-state index contributed by atoms with van der Waals surface area (Å²) in [5.74, 6) is 1.52. The molecule has 152 valence electrons. The van der Waals surface area contributed by atoms with Crippen LogP contribution < -0.4 is 10.1 Å². The third-order valence-corrected chi connectivity index (χ3v) is 4.89. The minimum atomic E-state index is -0.171. The molecule has 0 spiro atoms. The number of carbonyl (C=O) groups excluding carboxylic acids is 1. The van der Waals surface area contributed by atoms with Crippen LogP contribution in [-0.4, -0.2) is 39.3 Å². The van der Waals surface area contributed by atoms with Crippen LogP contribution in [0, 0.1) is 0 Å². The van der Waals surface area contributed by atoms with Crippen molar-refractivity contribution in [2.24, 2.45) is 0 Å². The molecule has 4 aromatic rings. The van der Waals surface area contributed by atoms with Gasteiger partial charge >= 0.3 is 0 Å². The Labute approximate surface area is 174 Å². The quantitative estimate of drug-likeness (QED) is 0.474. The Hall–Kier alpha value is -3.87. The lowest BCUT2D eigenvalue weighted by molar-refractivity contribution is 0.0954. The first-order valence-corrected chi connectivity index (χ1v) is 9.74. The number of hydrogen-bond donors (Lipinski definition) is 2. The SMILES string of the molecule is COc1ccc(-c2[nH]ncc2C(=O)NCCc2nccn2Cc2ccccc2)cc1. The van der Waals surface area contributed by atoms with E-state index in [0.717, 1.165) is 23.7 Å². The van der Waals surface area contributed by atoms with E-state index in [-0.39, 0.29) is 5.91 Å². The van der Waals surface area contributed by atoms with Crippen LogP contribution in [0.15, 0.2) is 73.2 Å². The molecule has 0 saturated heterocycles. The van der Waals surface area contributed by atoms with E-state index in [1.165, 1.54) is 5.56 Å². The van der Waals surface area contributed by atoms with Gasteiger partial charge in [0, 0.05) is 37.5 Å². The lowest BCUT2D eigenvalue weighted by atomic mass is 10.1. The molecular weight excluding hydrogens is 378 g/mol. The van der Waals surface area contributed by atoms with Crippen LogP contribution in [-0.2, 0) is 13.0 Å². The van der Waals surface area contributed by atoms with Gasteiger partial charge in [-0.05, 0) is 29.8 Å². The summed E-state index contributed by atoms with van der Waals surface area (Å²) < 4.78 is 7.29. The third kappa shape index (κ3) is 4.41. The number of carbonyl (C=O) groups is 1. The van der Waals surface area contributed by atoms with Crippen LogP contribution >= 0.6 is 0 Å². The second-order valence-corrected chi connectivity index (χ2v) is 6.85. The van der Waals surface area contributed by atoms with Crippen LogP contribution in [0.2, 0.25) is 0 Å². The van der Waals surface area contributed by atoms with Gasteiger partial charge in [0.1, 0.15) is 11.6 Å². The molecule has 0 bridgehead atoms. The molecule has 0 aliphatic carbocycles. The highest BCUT2D eigenvalue weighted by atomic mass is 16.5. The first-order chi connectivity index (χ1) is 14.7. The smallest absolute Gasteiger partial charge is 0.255 e. The molecule has 2 aromatic carbocycles. The van der Waals surface area contributed by atoms with Gasteiger partial charge in [0.2, 0.25) is 0 Å². The lowest BCUT2D eigenvalue weighted by Gasteiger charge is -2.09. The molecule has 0 aliphatic rings. The molecule has 0 radical (unpaired) electrons. The Kier molecular flexibility index (Phi) is 5.89. The van der Waals surface area contributed by atoms with Crippen LogP contribution in [0.5, 0.6) is 5.75 Å². The van der Waals surface area contributed by atoms with Gasteiger partial charge in [0.05, 0.1) is 24.6 Å². The molecule has 2 heterocycles. The number of benzene rings is 2. The van der Waals surface area contributed by atoms with Gasteiger partial charge in [-0.3, -0.25) is 9.89 Å². The highest BCUT2D eigenvalue weighted by Crippen LogP contribution is 2.23. The number of aromatic nitrogens is 4. The number of nitrogens with one attached hydrogen (secondary N) is 2. The first kappa shape index (κ1) is 19.4. The second-order valence-electron chi connectivity index (χ2n) is 6.85. The van der Waals surface area contributed by atoms with Crippen molar-refractivity contribution < 1.29 is 9.53 Å².